The SMILES string of the molecule is Cc1cc(C(=O)Sc2ncccc2C(F)(F)F)no1. The summed E-state index contributed by atoms with van der Waals surface area (Å²) in [5, 5.41) is 2.40. The van der Waals surface area contributed by atoms with Gasteiger partial charge in [-0.15, -0.1) is 0 Å². The largest absolute Gasteiger partial charge is 0.419 e. The topological polar surface area (TPSA) is 56.0 Å². The number of rotatable bonds is 2. The summed E-state index contributed by atoms with van der Waals surface area (Å²) in [7, 11) is 0. The van der Waals surface area contributed by atoms with Crippen molar-refractivity contribution in [2.45, 2.75) is 18.1 Å². The zero-order valence-corrected chi connectivity index (χ0v) is 10.4. The van der Waals surface area contributed by atoms with E-state index in [0.717, 1.165) is 12.1 Å². The van der Waals surface area contributed by atoms with E-state index < -0.39 is 21.9 Å². The molecule has 0 saturated carbocycles. The van der Waals surface area contributed by atoms with E-state index in [4.69, 9.17) is 4.52 Å². The maximum absolute atomic E-state index is 12.7. The van der Waals surface area contributed by atoms with E-state index in [-0.39, 0.29) is 5.69 Å². The number of aryl methyl sites for hydroxylation is 1. The molecule has 0 aliphatic carbocycles. The lowest BCUT2D eigenvalue weighted by molar-refractivity contribution is -0.140. The molecule has 0 aliphatic rings. The lowest BCUT2D eigenvalue weighted by atomic mass is 10.3. The zero-order valence-electron chi connectivity index (χ0n) is 9.56. The molecule has 8 heteroatoms. The lowest BCUT2D eigenvalue weighted by Gasteiger charge is -2.09. The van der Waals surface area contributed by atoms with Crippen LogP contribution in [-0.4, -0.2) is 15.3 Å². The van der Waals surface area contributed by atoms with Gasteiger partial charge in [-0.05, 0) is 30.8 Å². The maximum atomic E-state index is 12.7. The van der Waals surface area contributed by atoms with Crippen LogP contribution in [0.25, 0.3) is 0 Å². The predicted molar refractivity (Wildman–Crippen MR) is 60.7 cm³/mol. The molecule has 0 bridgehead atoms. The summed E-state index contributed by atoms with van der Waals surface area (Å²) in [5.41, 5.74) is -0.991. The van der Waals surface area contributed by atoms with Crippen molar-refractivity contribution in [1.29, 1.82) is 0 Å². The highest BCUT2D eigenvalue weighted by Gasteiger charge is 2.35. The van der Waals surface area contributed by atoms with Gasteiger partial charge >= 0.3 is 6.18 Å². The van der Waals surface area contributed by atoms with E-state index in [9.17, 15) is 18.0 Å². The van der Waals surface area contributed by atoms with Crippen LogP contribution in [0, 0.1) is 6.92 Å². The van der Waals surface area contributed by atoms with Crippen LogP contribution < -0.4 is 0 Å². The van der Waals surface area contributed by atoms with Crippen molar-refractivity contribution in [3.63, 3.8) is 0 Å². The van der Waals surface area contributed by atoms with E-state index in [2.05, 4.69) is 10.1 Å². The number of carbonyl (C=O) groups is 1. The molecular formula is C11H7F3N2O2S. The van der Waals surface area contributed by atoms with Gasteiger partial charge in [0.15, 0.2) is 5.69 Å². The molecule has 4 nitrogen and oxygen atoms in total. The maximum Gasteiger partial charge on any atom is 0.419 e. The minimum atomic E-state index is -4.56. The first kappa shape index (κ1) is 13.6. The van der Waals surface area contributed by atoms with E-state index in [1.54, 1.807) is 6.92 Å². The monoisotopic (exact) mass is 288 g/mol. The van der Waals surface area contributed by atoms with Crippen LogP contribution in [0.5, 0.6) is 0 Å². The van der Waals surface area contributed by atoms with Gasteiger partial charge in [-0.2, -0.15) is 13.2 Å². The van der Waals surface area contributed by atoms with Crippen molar-refractivity contribution in [3.8, 4) is 0 Å². The molecule has 0 amide bonds. The van der Waals surface area contributed by atoms with Gasteiger partial charge in [0, 0.05) is 12.3 Å². The Hall–Kier alpha value is -1.83. The van der Waals surface area contributed by atoms with E-state index in [1.807, 2.05) is 0 Å². The molecule has 0 radical (unpaired) electrons. The Morgan fingerprint density at radius 2 is 2.16 bits per heavy atom. The molecule has 0 N–H and O–H groups in total. The smallest absolute Gasteiger partial charge is 0.361 e. The molecule has 2 rings (SSSR count). The molecular weight excluding hydrogens is 281 g/mol. The minimum Gasteiger partial charge on any atom is -0.361 e. The number of halogens is 3. The van der Waals surface area contributed by atoms with Crippen molar-refractivity contribution >= 4 is 16.9 Å². The number of carbonyl (C=O) groups excluding carboxylic acids is 1. The van der Waals surface area contributed by atoms with Gasteiger partial charge in [0.1, 0.15) is 10.8 Å². The molecule has 0 spiro atoms. The second-order valence-electron chi connectivity index (χ2n) is 3.57. The second kappa shape index (κ2) is 5.04. The average molecular weight is 288 g/mol. The molecule has 2 heterocycles. The molecule has 2 aromatic rings. The van der Waals surface area contributed by atoms with Crippen LogP contribution in [0.2, 0.25) is 0 Å². The molecule has 19 heavy (non-hydrogen) atoms. The summed E-state index contributed by atoms with van der Waals surface area (Å²) in [6.45, 7) is 1.58. The number of nitrogens with zero attached hydrogens (tertiary/aromatic N) is 2. The molecule has 0 fully saturated rings. The predicted octanol–water partition coefficient (Wildman–Crippen LogP) is 3.33. The first-order chi connectivity index (χ1) is 8.88. The highest BCUT2D eigenvalue weighted by molar-refractivity contribution is 8.14. The summed E-state index contributed by atoms with van der Waals surface area (Å²) < 4.78 is 42.8. The van der Waals surface area contributed by atoms with Crippen LogP contribution in [0.4, 0.5) is 13.2 Å². The van der Waals surface area contributed by atoms with Crippen molar-refractivity contribution in [3.05, 3.63) is 41.4 Å². The molecule has 2 aromatic heterocycles. The average Bonchev–Trinajstić information content (AvgIpc) is 2.75. The van der Waals surface area contributed by atoms with Crippen LogP contribution in [0.1, 0.15) is 21.8 Å². The number of alkyl halides is 3. The van der Waals surface area contributed by atoms with E-state index >= 15 is 0 Å². The number of pyridine rings is 1. The molecule has 0 aliphatic heterocycles. The van der Waals surface area contributed by atoms with Crippen LogP contribution in [0.3, 0.4) is 0 Å². The Kier molecular flexibility index (Phi) is 3.61. The molecule has 0 atom stereocenters. The van der Waals surface area contributed by atoms with Gasteiger partial charge in [-0.3, -0.25) is 4.79 Å². The number of aromatic nitrogens is 2. The van der Waals surface area contributed by atoms with Gasteiger partial charge < -0.3 is 4.52 Å². The number of hydrogen-bond donors (Lipinski definition) is 0. The number of thioether (sulfide) groups is 1. The number of hydrogen-bond acceptors (Lipinski definition) is 5. The first-order valence-corrected chi connectivity index (χ1v) is 5.87. The highest BCUT2D eigenvalue weighted by atomic mass is 32.2. The zero-order chi connectivity index (χ0) is 14.0. The Balaban J connectivity index is 2.27. The standard InChI is InChI=1S/C11H7F3N2O2S/c1-6-5-8(16-18-6)10(17)19-9-7(11(12,13)14)3-2-4-15-9/h2-5H,1H3. The summed E-state index contributed by atoms with van der Waals surface area (Å²) in [4.78, 5) is 15.3. The Morgan fingerprint density at radius 1 is 1.42 bits per heavy atom. The quantitative estimate of drug-likeness (QED) is 0.793. The third kappa shape index (κ3) is 3.14. The minimum absolute atomic E-state index is 0.0405. The summed E-state index contributed by atoms with van der Waals surface area (Å²) >= 11 is 0.371. The Morgan fingerprint density at radius 3 is 2.74 bits per heavy atom. The summed E-state index contributed by atoms with van der Waals surface area (Å²) in [5.74, 6) is 0.404. The fourth-order valence-corrected chi connectivity index (χ4v) is 2.07. The highest BCUT2D eigenvalue weighted by Crippen LogP contribution is 2.36. The van der Waals surface area contributed by atoms with E-state index in [1.165, 1.54) is 12.3 Å². The normalized spacial score (nSPS) is 11.6. The van der Waals surface area contributed by atoms with Crippen molar-refractivity contribution in [2.75, 3.05) is 0 Å². The first-order valence-electron chi connectivity index (χ1n) is 5.05. The summed E-state index contributed by atoms with van der Waals surface area (Å²) in [6.07, 6.45) is -3.37. The lowest BCUT2D eigenvalue weighted by Crippen LogP contribution is -2.08. The molecule has 0 aromatic carbocycles. The fraction of sp³-hybridized carbons (Fsp3) is 0.182. The van der Waals surface area contributed by atoms with E-state index in [0.29, 0.717) is 17.5 Å². The van der Waals surface area contributed by atoms with Crippen LogP contribution in [0.15, 0.2) is 33.9 Å². The molecule has 100 valence electrons. The second-order valence-corrected chi connectivity index (χ2v) is 4.53. The fourth-order valence-electron chi connectivity index (χ4n) is 1.29. The van der Waals surface area contributed by atoms with Gasteiger partial charge in [0.05, 0.1) is 5.56 Å². The van der Waals surface area contributed by atoms with Crippen LogP contribution >= 0.6 is 11.8 Å². The van der Waals surface area contributed by atoms with Gasteiger partial charge in [-0.25, -0.2) is 4.98 Å². The van der Waals surface area contributed by atoms with Crippen molar-refractivity contribution in [2.24, 2.45) is 0 Å². The third-order valence-corrected chi connectivity index (χ3v) is 3.02. The third-order valence-electron chi connectivity index (χ3n) is 2.10. The van der Waals surface area contributed by atoms with Gasteiger partial charge in [-0.1, -0.05) is 5.16 Å². The van der Waals surface area contributed by atoms with Gasteiger partial charge in [0.2, 0.25) is 5.12 Å². The van der Waals surface area contributed by atoms with Crippen molar-refractivity contribution in [1.82, 2.24) is 10.1 Å². The Bertz CT molecular complexity index is 610. The molecule has 0 unspecified atom stereocenters. The van der Waals surface area contributed by atoms with Crippen LogP contribution in [-0.2, 0) is 6.18 Å². The van der Waals surface area contributed by atoms with Crippen molar-refractivity contribution < 1.29 is 22.5 Å². The molecule has 0 saturated heterocycles. The summed E-state index contributed by atoms with van der Waals surface area (Å²) in [6, 6.07) is 3.39. The van der Waals surface area contributed by atoms with Gasteiger partial charge in [0.25, 0.3) is 0 Å². The Labute approximate surface area is 110 Å².